The first-order chi connectivity index (χ1) is 7.15. The molecule has 15 heavy (non-hydrogen) atoms. The molecule has 0 saturated heterocycles. The second-order valence-electron chi connectivity index (χ2n) is 3.48. The van der Waals surface area contributed by atoms with Gasteiger partial charge >= 0.3 is 0 Å². The summed E-state index contributed by atoms with van der Waals surface area (Å²) in [5.41, 5.74) is 0.938. The van der Waals surface area contributed by atoms with Crippen LogP contribution in [0.25, 0.3) is 0 Å². The Balaban J connectivity index is 2.56. The lowest BCUT2D eigenvalue weighted by molar-refractivity contribution is -0.122. The molecule has 4 heteroatoms. The minimum absolute atomic E-state index is 0.0159. The molecule has 0 radical (unpaired) electrons. The van der Waals surface area contributed by atoms with E-state index in [1.807, 2.05) is 32.0 Å². The summed E-state index contributed by atoms with van der Waals surface area (Å²) in [5.74, 6) is -0.0159. The number of aromatic nitrogens is 1. The normalized spacial score (nSPS) is 14.3. The molecule has 1 unspecified atom stereocenters. The van der Waals surface area contributed by atoms with Crippen molar-refractivity contribution in [2.75, 3.05) is 7.05 Å². The summed E-state index contributed by atoms with van der Waals surface area (Å²) >= 11 is 0. The van der Waals surface area contributed by atoms with Gasteiger partial charge in [0, 0.05) is 19.3 Å². The van der Waals surface area contributed by atoms with Crippen LogP contribution >= 0.6 is 0 Å². The van der Waals surface area contributed by atoms with Crippen molar-refractivity contribution in [3.05, 3.63) is 30.1 Å². The quantitative estimate of drug-likeness (QED) is 0.770. The Morgan fingerprint density at radius 3 is 2.67 bits per heavy atom. The fourth-order valence-corrected chi connectivity index (χ4v) is 1.38. The Morgan fingerprint density at radius 2 is 2.13 bits per heavy atom. The van der Waals surface area contributed by atoms with Gasteiger partial charge in [-0.15, -0.1) is 0 Å². The molecule has 0 saturated carbocycles. The molecule has 1 rings (SSSR count). The van der Waals surface area contributed by atoms with Gasteiger partial charge in [0.1, 0.15) is 0 Å². The number of amides is 1. The van der Waals surface area contributed by atoms with Crippen molar-refractivity contribution >= 4 is 5.91 Å². The monoisotopic (exact) mass is 207 g/mol. The van der Waals surface area contributed by atoms with E-state index in [2.05, 4.69) is 15.6 Å². The van der Waals surface area contributed by atoms with E-state index in [9.17, 15) is 4.79 Å². The Labute approximate surface area is 90.1 Å². The number of rotatable bonds is 4. The maximum absolute atomic E-state index is 11.3. The molecule has 0 spiro atoms. The molecule has 0 aliphatic heterocycles. The maximum atomic E-state index is 11.3. The summed E-state index contributed by atoms with van der Waals surface area (Å²) in [4.78, 5) is 15.5. The molecule has 2 N–H and O–H groups in total. The molecule has 1 heterocycles. The highest BCUT2D eigenvalue weighted by Gasteiger charge is 2.14. The molecule has 1 aromatic heterocycles. The largest absolute Gasteiger partial charge is 0.358 e. The van der Waals surface area contributed by atoms with Gasteiger partial charge in [0.25, 0.3) is 0 Å². The van der Waals surface area contributed by atoms with Crippen LogP contribution in [0.5, 0.6) is 0 Å². The molecule has 1 aromatic rings. The molecule has 0 aliphatic carbocycles. The predicted octanol–water partition coefficient (Wildman–Crippen LogP) is 0.867. The van der Waals surface area contributed by atoms with Gasteiger partial charge in [-0.25, -0.2) is 0 Å². The summed E-state index contributed by atoms with van der Waals surface area (Å²) in [6.45, 7) is 3.82. The standard InChI is InChI=1S/C11H17N3O/c1-8(10-6-4-5-7-13-10)14-9(2)11(15)12-3/h4-9,14H,1-3H3,(H,12,15)/t8?,9-/m1/s1. The lowest BCUT2D eigenvalue weighted by Crippen LogP contribution is -2.41. The average Bonchev–Trinajstić information content (AvgIpc) is 2.29. The van der Waals surface area contributed by atoms with Crippen molar-refractivity contribution in [3.8, 4) is 0 Å². The Morgan fingerprint density at radius 1 is 1.40 bits per heavy atom. The van der Waals surface area contributed by atoms with Crippen LogP contribution in [0.3, 0.4) is 0 Å². The summed E-state index contributed by atoms with van der Waals surface area (Å²) in [6.07, 6.45) is 1.75. The van der Waals surface area contributed by atoms with Crippen LogP contribution in [0.2, 0.25) is 0 Å². The van der Waals surface area contributed by atoms with Crippen LogP contribution in [0.1, 0.15) is 25.6 Å². The number of likely N-dealkylation sites (N-methyl/N-ethyl adjacent to an activating group) is 1. The summed E-state index contributed by atoms with van der Waals surface area (Å²) in [5, 5.41) is 5.77. The van der Waals surface area contributed by atoms with E-state index in [-0.39, 0.29) is 18.0 Å². The van der Waals surface area contributed by atoms with Crippen LogP contribution in [0.4, 0.5) is 0 Å². The lowest BCUT2D eigenvalue weighted by Gasteiger charge is -2.18. The van der Waals surface area contributed by atoms with Crippen LogP contribution < -0.4 is 10.6 Å². The zero-order valence-electron chi connectivity index (χ0n) is 9.32. The topological polar surface area (TPSA) is 54.0 Å². The minimum Gasteiger partial charge on any atom is -0.358 e. The number of pyridine rings is 1. The highest BCUT2D eigenvalue weighted by molar-refractivity contribution is 5.80. The molecule has 0 aliphatic rings. The number of nitrogens with zero attached hydrogens (tertiary/aromatic N) is 1. The number of carbonyl (C=O) groups excluding carboxylic acids is 1. The number of nitrogens with one attached hydrogen (secondary N) is 2. The number of carbonyl (C=O) groups is 1. The van der Waals surface area contributed by atoms with E-state index in [1.165, 1.54) is 0 Å². The highest BCUT2D eigenvalue weighted by Crippen LogP contribution is 2.08. The molecule has 4 nitrogen and oxygen atoms in total. The fraction of sp³-hybridized carbons (Fsp3) is 0.455. The van der Waals surface area contributed by atoms with Crippen LogP contribution in [-0.4, -0.2) is 24.0 Å². The maximum Gasteiger partial charge on any atom is 0.236 e. The fourth-order valence-electron chi connectivity index (χ4n) is 1.38. The third-order valence-electron chi connectivity index (χ3n) is 2.27. The predicted molar refractivity (Wildman–Crippen MR) is 59.3 cm³/mol. The second kappa shape index (κ2) is 5.46. The Hall–Kier alpha value is -1.42. The van der Waals surface area contributed by atoms with Gasteiger partial charge in [0.05, 0.1) is 11.7 Å². The summed E-state index contributed by atoms with van der Waals surface area (Å²) < 4.78 is 0. The average molecular weight is 207 g/mol. The number of hydrogen-bond donors (Lipinski definition) is 2. The first-order valence-corrected chi connectivity index (χ1v) is 5.03. The Kier molecular flexibility index (Phi) is 4.24. The van der Waals surface area contributed by atoms with Crippen molar-refractivity contribution in [1.29, 1.82) is 0 Å². The molecule has 1 amide bonds. The summed E-state index contributed by atoms with van der Waals surface area (Å²) in [6, 6.07) is 5.60. The van der Waals surface area contributed by atoms with E-state index in [1.54, 1.807) is 13.2 Å². The van der Waals surface area contributed by atoms with Gasteiger partial charge in [-0.05, 0) is 26.0 Å². The zero-order chi connectivity index (χ0) is 11.3. The lowest BCUT2D eigenvalue weighted by atomic mass is 10.2. The Bertz CT molecular complexity index is 313. The van der Waals surface area contributed by atoms with E-state index in [0.29, 0.717) is 0 Å². The van der Waals surface area contributed by atoms with Gasteiger partial charge in [-0.3, -0.25) is 15.1 Å². The molecule has 0 bridgehead atoms. The van der Waals surface area contributed by atoms with Crippen LogP contribution in [0.15, 0.2) is 24.4 Å². The van der Waals surface area contributed by atoms with E-state index >= 15 is 0 Å². The molecular weight excluding hydrogens is 190 g/mol. The zero-order valence-corrected chi connectivity index (χ0v) is 9.32. The van der Waals surface area contributed by atoms with Gasteiger partial charge < -0.3 is 5.32 Å². The van der Waals surface area contributed by atoms with Crippen molar-refractivity contribution in [3.63, 3.8) is 0 Å². The third kappa shape index (κ3) is 3.32. The van der Waals surface area contributed by atoms with Crippen LogP contribution in [-0.2, 0) is 4.79 Å². The van der Waals surface area contributed by atoms with Crippen molar-refractivity contribution < 1.29 is 4.79 Å². The SMILES string of the molecule is CNC(=O)[C@@H](C)NC(C)c1ccccn1. The van der Waals surface area contributed by atoms with E-state index in [0.717, 1.165) is 5.69 Å². The van der Waals surface area contributed by atoms with Crippen molar-refractivity contribution in [2.45, 2.75) is 25.9 Å². The minimum atomic E-state index is -0.216. The molecule has 82 valence electrons. The molecule has 0 aromatic carbocycles. The van der Waals surface area contributed by atoms with Crippen molar-refractivity contribution in [1.82, 2.24) is 15.6 Å². The first kappa shape index (κ1) is 11.7. The molecule has 2 atom stereocenters. The van der Waals surface area contributed by atoms with Crippen LogP contribution in [0, 0.1) is 0 Å². The van der Waals surface area contributed by atoms with Gasteiger partial charge in [-0.1, -0.05) is 6.07 Å². The second-order valence-corrected chi connectivity index (χ2v) is 3.48. The third-order valence-corrected chi connectivity index (χ3v) is 2.27. The van der Waals surface area contributed by atoms with E-state index in [4.69, 9.17) is 0 Å². The van der Waals surface area contributed by atoms with Gasteiger partial charge in [0.15, 0.2) is 0 Å². The summed E-state index contributed by atoms with van der Waals surface area (Å²) in [7, 11) is 1.63. The van der Waals surface area contributed by atoms with E-state index < -0.39 is 0 Å². The molecule has 0 fully saturated rings. The highest BCUT2D eigenvalue weighted by atomic mass is 16.2. The smallest absolute Gasteiger partial charge is 0.236 e. The van der Waals surface area contributed by atoms with Gasteiger partial charge in [-0.2, -0.15) is 0 Å². The number of hydrogen-bond acceptors (Lipinski definition) is 3. The molecular formula is C11H17N3O. The van der Waals surface area contributed by atoms with Crippen molar-refractivity contribution in [2.24, 2.45) is 0 Å². The van der Waals surface area contributed by atoms with Gasteiger partial charge in [0.2, 0.25) is 5.91 Å². The first-order valence-electron chi connectivity index (χ1n) is 5.03.